The molecule has 1 aliphatic rings. The molecule has 2 rings (SSSR count). The van der Waals surface area contributed by atoms with Crippen LogP contribution in [0, 0.1) is 11.7 Å². The second-order valence-corrected chi connectivity index (χ2v) is 5.11. The van der Waals surface area contributed by atoms with Crippen LogP contribution in [0.3, 0.4) is 0 Å². The quantitative estimate of drug-likeness (QED) is 0.849. The minimum Gasteiger partial charge on any atom is -0.327 e. The summed E-state index contributed by atoms with van der Waals surface area (Å²) in [6, 6.07) is 4.30. The summed E-state index contributed by atoms with van der Waals surface area (Å²) in [4.78, 5) is 12.1. The molecule has 16 heavy (non-hydrogen) atoms. The third-order valence-electron chi connectivity index (χ3n) is 3.10. The van der Waals surface area contributed by atoms with Gasteiger partial charge >= 0.3 is 0 Å². The number of hydrogen-bond donors (Lipinski definition) is 1. The van der Waals surface area contributed by atoms with Crippen LogP contribution in [0.1, 0.15) is 29.6 Å². The molecule has 0 saturated heterocycles. The monoisotopic (exact) mass is 285 g/mol. The van der Waals surface area contributed by atoms with Gasteiger partial charge in [-0.3, -0.25) is 4.79 Å². The molecule has 86 valence electrons. The Hall–Kier alpha value is -0.740. The molecule has 0 heterocycles. The molecule has 0 spiro atoms. The number of benzene rings is 1. The lowest BCUT2D eigenvalue weighted by atomic mass is 9.93. The van der Waals surface area contributed by atoms with Gasteiger partial charge in [-0.15, -0.1) is 0 Å². The molecule has 0 amide bonds. The van der Waals surface area contributed by atoms with E-state index in [0.717, 1.165) is 19.3 Å². The number of nitrogens with two attached hydrogens (primary N) is 1. The Morgan fingerprint density at radius 1 is 1.44 bits per heavy atom. The van der Waals surface area contributed by atoms with Gasteiger partial charge in [-0.25, -0.2) is 4.39 Å². The van der Waals surface area contributed by atoms with Gasteiger partial charge in [0.2, 0.25) is 0 Å². The second kappa shape index (κ2) is 4.63. The number of halogens is 2. The molecule has 1 saturated carbocycles. The maximum atomic E-state index is 13.5. The van der Waals surface area contributed by atoms with Gasteiger partial charge in [0, 0.05) is 16.4 Å². The maximum absolute atomic E-state index is 13.5. The van der Waals surface area contributed by atoms with E-state index in [1.165, 1.54) is 12.1 Å². The lowest BCUT2D eigenvalue weighted by Crippen LogP contribution is -2.31. The summed E-state index contributed by atoms with van der Waals surface area (Å²) in [6.07, 6.45) is 2.57. The summed E-state index contributed by atoms with van der Waals surface area (Å²) < 4.78 is 14.2. The second-order valence-electron chi connectivity index (χ2n) is 4.19. The first-order valence-corrected chi connectivity index (χ1v) is 6.13. The van der Waals surface area contributed by atoms with E-state index in [-0.39, 0.29) is 23.3 Å². The van der Waals surface area contributed by atoms with Gasteiger partial charge in [-0.1, -0.05) is 22.4 Å². The first-order chi connectivity index (χ1) is 7.59. The van der Waals surface area contributed by atoms with Gasteiger partial charge in [0.1, 0.15) is 5.82 Å². The molecule has 2 atom stereocenters. The Balaban J connectivity index is 2.29. The summed E-state index contributed by atoms with van der Waals surface area (Å²) in [5.74, 6) is -0.847. The van der Waals surface area contributed by atoms with Crippen molar-refractivity contribution in [3.63, 3.8) is 0 Å². The molecule has 0 aliphatic heterocycles. The lowest BCUT2D eigenvalue weighted by molar-refractivity contribution is 0.0909. The van der Waals surface area contributed by atoms with Crippen LogP contribution in [-0.4, -0.2) is 11.8 Å². The number of ketones is 1. The SMILES string of the molecule is NC1CCCC1C(=O)c1cc(Br)ccc1F. The van der Waals surface area contributed by atoms with Crippen molar-refractivity contribution in [3.8, 4) is 0 Å². The Morgan fingerprint density at radius 3 is 2.81 bits per heavy atom. The first kappa shape index (κ1) is 11.7. The normalized spacial score (nSPS) is 24.7. The molecular weight excluding hydrogens is 273 g/mol. The highest BCUT2D eigenvalue weighted by atomic mass is 79.9. The van der Waals surface area contributed by atoms with Crippen LogP contribution in [0.15, 0.2) is 22.7 Å². The highest BCUT2D eigenvalue weighted by molar-refractivity contribution is 9.10. The molecule has 2 unspecified atom stereocenters. The highest BCUT2D eigenvalue weighted by Gasteiger charge is 2.32. The minimum atomic E-state index is -0.465. The molecule has 1 fully saturated rings. The Labute approximate surface area is 102 Å². The predicted molar refractivity (Wildman–Crippen MR) is 63.7 cm³/mol. The van der Waals surface area contributed by atoms with Crippen molar-refractivity contribution < 1.29 is 9.18 Å². The number of carbonyl (C=O) groups is 1. The molecule has 1 aromatic rings. The van der Waals surface area contributed by atoms with Gasteiger partial charge in [0.15, 0.2) is 5.78 Å². The van der Waals surface area contributed by atoms with Crippen LogP contribution in [0.2, 0.25) is 0 Å². The Kier molecular flexibility index (Phi) is 3.40. The fraction of sp³-hybridized carbons (Fsp3) is 0.417. The first-order valence-electron chi connectivity index (χ1n) is 5.34. The highest BCUT2D eigenvalue weighted by Crippen LogP contribution is 2.29. The van der Waals surface area contributed by atoms with E-state index in [0.29, 0.717) is 4.47 Å². The molecule has 2 N–H and O–H groups in total. The molecule has 4 heteroatoms. The zero-order chi connectivity index (χ0) is 11.7. The van der Waals surface area contributed by atoms with Crippen molar-refractivity contribution in [1.82, 2.24) is 0 Å². The minimum absolute atomic E-state index is 0.120. The van der Waals surface area contributed by atoms with Crippen LogP contribution < -0.4 is 5.73 Å². The van der Waals surface area contributed by atoms with Crippen molar-refractivity contribution >= 4 is 21.7 Å². The van der Waals surface area contributed by atoms with Crippen LogP contribution in [-0.2, 0) is 0 Å². The molecule has 0 aromatic heterocycles. The predicted octanol–water partition coefficient (Wildman–Crippen LogP) is 2.90. The van der Waals surface area contributed by atoms with Crippen molar-refractivity contribution in [3.05, 3.63) is 34.1 Å². The van der Waals surface area contributed by atoms with Gasteiger partial charge in [-0.05, 0) is 31.0 Å². The van der Waals surface area contributed by atoms with Gasteiger partial charge in [-0.2, -0.15) is 0 Å². The van der Waals surface area contributed by atoms with E-state index >= 15 is 0 Å². The summed E-state index contributed by atoms with van der Waals surface area (Å²) in [7, 11) is 0. The van der Waals surface area contributed by atoms with Crippen molar-refractivity contribution in [2.45, 2.75) is 25.3 Å². The zero-order valence-electron chi connectivity index (χ0n) is 8.75. The maximum Gasteiger partial charge on any atom is 0.170 e. The van der Waals surface area contributed by atoms with Crippen molar-refractivity contribution in [1.29, 1.82) is 0 Å². The van der Waals surface area contributed by atoms with Crippen LogP contribution in [0.5, 0.6) is 0 Å². The Morgan fingerprint density at radius 2 is 2.19 bits per heavy atom. The van der Waals surface area contributed by atoms with E-state index < -0.39 is 5.82 Å². The van der Waals surface area contributed by atoms with E-state index in [1.807, 2.05) is 0 Å². The zero-order valence-corrected chi connectivity index (χ0v) is 10.3. The fourth-order valence-corrected chi connectivity index (χ4v) is 2.56. The van der Waals surface area contributed by atoms with Gasteiger partial charge in [0.05, 0.1) is 5.56 Å². The molecule has 2 nitrogen and oxygen atoms in total. The number of rotatable bonds is 2. The summed E-state index contributed by atoms with van der Waals surface area (Å²) in [6.45, 7) is 0. The molecule has 0 radical (unpaired) electrons. The third-order valence-corrected chi connectivity index (χ3v) is 3.59. The van der Waals surface area contributed by atoms with Gasteiger partial charge < -0.3 is 5.73 Å². The number of hydrogen-bond acceptors (Lipinski definition) is 2. The van der Waals surface area contributed by atoms with Crippen molar-refractivity contribution in [2.75, 3.05) is 0 Å². The average molecular weight is 286 g/mol. The molecule has 0 bridgehead atoms. The van der Waals surface area contributed by atoms with Gasteiger partial charge in [0.25, 0.3) is 0 Å². The summed E-state index contributed by atoms with van der Waals surface area (Å²) >= 11 is 3.24. The third kappa shape index (κ3) is 2.18. The topological polar surface area (TPSA) is 43.1 Å². The molecule has 1 aliphatic carbocycles. The van der Waals surface area contributed by atoms with Crippen LogP contribution >= 0.6 is 15.9 Å². The molecular formula is C12H13BrFNO. The van der Waals surface area contributed by atoms with Crippen LogP contribution in [0.4, 0.5) is 4.39 Å². The van der Waals surface area contributed by atoms with E-state index in [9.17, 15) is 9.18 Å². The largest absolute Gasteiger partial charge is 0.327 e. The lowest BCUT2D eigenvalue weighted by Gasteiger charge is -2.14. The summed E-state index contributed by atoms with van der Waals surface area (Å²) in [5.41, 5.74) is 6.00. The summed E-state index contributed by atoms with van der Waals surface area (Å²) in [5, 5.41) is 0. The van der Waals surface area contributed by atoms with Crippen LogP contribution in [0.25, 0.3) is 0 Å². The standard InChI is InChI=1S/C12H13BrFNO/c13-7-4-5-10(14)9(6-7)12(16)8-2-1-3-11(8)15/h4-6,8,11H,1-3,15H2. The van der Waals surface area contributed by atoms with E-state index in [4.69, 9.17) is 5.73 Å². The van der Waals surface area contributed by atoms with Crippen molar-refractivity contribution in [2.24, 2.45) is 11.7 Å². The van der Waals surface area contributed by atoms with E-state index in [1.54, 1.807) is 6.07 Å². The average Bonchev–Trinajstić information content (AvgIpc) is 2.67. The molecule has 1 aromatic carbocycles. The Bertz CT molecular complexity index is 421. The number of Topliss-reactive ketones (excluding diaryl/α,β-unsaturated/α-hetero) is 1. The fourth-order valence-electron chi connectivity index (χ4n) is 2.20. The number of carbonyl (C=O) groups excluding carboxylic acids is 1. The van der Waals surface area contributed by atoms with E-state index in [2.05, 4.69) is 15.9 Å². The smallest absolute Gasteiger partial charge is 0.170 e.